The third-order valence-electron chi connectivity index (χ3n) is 4.14. The summed E-state index contributed by atoms with van der Waals surface area (Å²) in [6, 6.07) is 7.79. The predicted molar refractivity (Wildman–Crippen MR) is 84.3 cm³/mol. The van der Waals surface area contributed by atoms with Gasteiger partial charge < -0.3 is 10.4 Å². The van der Waals surface area contributed by atoms with Crippen LogP contribution in [-0.4, -0.2) is 33.4 Å². The number of hydrogen-bond donors (Lipinski definition) is 2. The lowest BCUT2D eigenvalue weighted by atomic mass is 10.1. The van der Waals surface area contributed by atoms with Crippen LogP contribution < -0.4 is 5.32 Å². The zero-order valence-electron chi connectivity index (χ0n) is 13.0. The van der Waals surface area contributed by atoms with E-state index in [4.69, 9.17) is 5.11 Å². The summed E-state index contributed by atoms with van der Waals surface area (Å²) in [6.07, 6.45) is 2.88. The molecule has 116 valence electrons. The van der Waals surface area contributed by atoms with E-state index < -0.39 is 0 Å². The largest absolute Gasteiger partial charge is 0.394 e. The fourth-order valence-electron chi connectivity index (χ4n) is 2.96. The lowest BCUT2D eigenvalue weighted by Crippen LogP contribution is -2.35. The van der Waals surface area contributed by atoms with Gasteiger partial charge in [0.25, 0.3) is 5.91 Å². The summed E-state index contributed by atoms with van der Waals surface area (Å²) >= 11 is 0. The van der Waals surface area contributed by atoms with Crippen LogP contribution in [0.1, 0.15) is 40.7 Å². The molecule has 0 spiro atoms. The molecule has 2 aromatic rings. The van der Waals surface area contributed by atoms with Gasteiger partial charge in [-0.2, -0.15) is 5.10 Å². The number of para-hydroxylation sites is 1. The Hall–Kier alpha value is -2.14. The highest BCUT2D eigenvalue weighted by Gasteiger charge is 2.27. The Labute approximate surface area is 130 Å². The lowest BCUT2D eigenvalue weighted by Gasteiger charge is -2.10. The minimum Gasteiger partial charge on any atom is -0.394 e. The second-order valence-corrected chi connectivity index (χ2v) is 5.88. The molecule has 22 heavy (non-hydrogen) atoms. The number of carbonyl (C=O) groups is 1. The highest BCUT2D eigenvalue weighted by atomic mass is 16.3. The molecule has 0 saturated heterocycles. The molecule has 0 radical (unpaired) electrons. The predicted octanol–water partition coefficient (Wildman–Crippen LogP) is 1.78. The molecule has 3 rings (SSSR count). The summed E-state index contributed by atoms with van der Waals surface area (Å²) in [7, 11) is 0. The maximum absolute atomic E-state index is 12.4. The van der Waals surface area contributed by atoms with E-state index >= 15 is 0 Å². The molecule has 5 heteroatoms. The number of aliphatic hydroxyl groups is 1. The Kier molecular flexibility index (Phi) is 3.98. The SMILES string of the molecule is Cc1ccccc1-n1nc(C(=O)NC(C)CO)c2c1CCC2. The molecule has 1 aliphatic rings. The molecule has 0 fully saturated rings. The van der Waals surface area contributed by atoms with Crippen LogP contribution >= 0.6 is 0 Å². The average Bonchev–Trinajstić information content (AvgIpc) is 3.09. The normalized spacial score (nSPS) is 14.7. The first-order valence-electron chi connectivity index (χ1n) is 7.70. The van der Waals surface area contributed by atoms with E-state index in [1.54, 1.807) is 6.92 Å². The summed E-state index contributed by atoms with van der Waals surface area (Å²) in [6.45, 7) is 3.74. The number of aromatic nitrogens is 2. The smallest absolute Gasteiger partial charge is 0.272 e. The number of nitrogens with one attached hydrogen (secondary N) is 1. The number of benzene rings is 1. The maximum atomic E-state index is 12.4. The zero-order chi connectivity index (χ0) is 15.7. The van der Waals surface area contributed by atoms with E-state index in [2.05, 4.69) is 10.4 Å². The second kappa shape index (κ2) is 5.93. The number of amides is 1. The van der Waals surface area contributed by atoms with Crippen LogP contribution in [0.3, 0.4) is 0 Å². The van der Waals surface area contributed by atoms with Gasteiger partial charge in [-0.3, -0.25) is 4.79 Å². The average molecular weight is 299 g/mol. The van der Waals surface area contributed by atoms with Crippen LogP contribution in [0.2, 0.25) is 0 Å². The third-order valence-corrected chi connectivity index (χ3v) is 4.14. The Morgan fingerprint density at radius 2 is 2.18 bits per heavy atom. The van der Waals surface area contributed by atoms with Gasteiger partial charge in [0.15, 0.2) is 5.69 Å². The van der Waals surface area contributed by atoms with Crippen LogP contribution in [0.15, 0.2) is 24.3 Å². The van der Waals surface area contributed by atoms with Gasteiger partial charge >= 0.3 is 0 Å². The summed E-state index contributed by atoms with van der Waals surface area (Å²) in [5.74, 6) is -0.202. The fraction of sp³-hybridized carbons (Fsp3) is 0.412. The van der Waals surface area contributed by atoms with Gasteiger partial charge in [-0.15, -0.1) is 0 Å². The van der Waals surface area contributed by atoms with E-state index in [1.165, 1.54) is 0 Å². The van der Waals surface area contributed by atoms with Crippen molar-refractivity contribution >= 4 is 5.91 Å². The standard InChI is InChI=1S/C17H21N3O2/c1-11-6-3-4-8-14(11)20-15-9-5-7-13(15)16(19-20)17(22)18-12(2)10-21/h3-4,6,8,12,21H,5,7,9-10H2,1-2H3,(H,18,22). The van der Waals surface area contributed by atoms with Crippen molar-refractivity contribution in [2.45, 2.75) is 39.2 Å². The number of hydrogen-bond acceptors (Lipinski definition) is 3. The molecule has 0 saturated carbocycles. The van der Waals surface area contributed by atoms with Crippen molar-refractivity contribution in [1.82, 2.24) is 15.1 Å². The van der Waals surface area contributed by atoms with Gasteiger partial charge in [0, 0.05) is 17.3 Å². The molecule has 2 N–H and O–H groups in total. The van der Waals surface area contributed by atoms with Crippen molar-refractivity contribution in [2.24, 2.45) is 0 Å². The molecule has 1 aromatic carbocycles. The van der Waals surface area contributed by atoms with Crippen molar-refractivity contribution in [3.63, 3.8) is 0 Å². The first kappa shape index (κ1) is 14.8. The van der Waals surface area contributed by atoms with Crippen molar-refractivity contribution in [2.75, 3.05) is 6.61 Å². The van der Waals surface area contributed by atoms with E-state index in [9.17, 15) is 4.79 Å². The van der Waals surface area contributed by atoms with Crippen molar-refractivity contribution in [3.8, 4) is 5.69 Å². The number of fused-ring (bicyclic) bond motifs is 1. The molecule has 1 unspecified atom stereocenters. The first-order chi connectivity index (χ1) is 10.6. The summed E-state index contributed by atoms with van der Waals surface area (Å²) in [5.41, 5.74) is 4.84. The minimum atomic E-state index is -0.270. The van der Waals surface area contributed by atoms with Crippen LogP contribution in [0.5, 0.6) is 0 Å². The molecule has 0 bridgehead atoms. The number of aliphatic hydroxyl groups excluding tert-OH is 1. The van der Waals surface area contributed by atoms with Crippen molar-refractivity contribution in [1.29, 1.82) is 0 Å². The number of rotatable bonds is 4. The van der Waals surface area contributed by atoms with E-state index in [1.807, 2.05) is 35.9 Å². The summed E-state index contributed by atoms with van der Waals surface area (Å²) < 4.78 is 1.91. The second-order valence-electron chi connectivity index (χ2n) is 5.88. The molecule has 1 aromatic heterocycles. The first-order valence-corrected chi connectivity index (χ1v) is 7.70. The van der Waals surface area contributed by atoms with E-state index in [-0.39, 0.29) is 18.6 Å². The van der Waals surface area contributed by atoms with Gasteiger partial charge in [0.2, 0.25) is 0 Å². The Morgan fingerprint density at radius 3 is 2.91 bits per heavy atom. The molecule has 5 nitrogen and oxygen atoms in total. The van der Waals surface area contributed by atoms with Crippen LogP contribution in [-0.2, 0) is 12.8 Å². The van der Waals surface area contributed by atoms with Crippen LogP contribution in [0, 0.1) is 6.92 Å². The molecule has 1 amide bonds. The maximum Gasteiger partial charge on any atom is 0.272 e. The number of carbonyl (C=O) groups excluding carboxylic acids is 1. The summed E-state index contributed by atoms with van der Waals surface area (Å²) in [5, 5.41) is 16.5. The van der Waals surface area contributed by atoms with Crippen molar-refractivity contribution < 1.29 is 9.90 Å². The minimum absolute atomic E-state index is 0.0770. The monoisotopic (exact) mass is 299 g/mol. The van der Waals surface area contributed by atoms with Gasteiger partial charge in [-0.25, -0.2) is 4.68 Å². The van der Waals surface area contributed by atoms with Gasteiger partial charge in [-0.05, 0) is 44.7 Å². The molecular weight excluding hydrogens is 278 g/mol. The van der Waals surface area contributed by atoms with E-state index in [0.717, 1.165) is 41.8 Å². The van der Waals surface area contributed by atoms with E-state index in [0.29, 0.717) is 5.69 Å². The highest BCUT2D eigenvalue weighted by Crippen LogP contribution is 2.28. The number of aryl methyl sites for hydroxylation is 1. The van der Waals surface area contributed by atoms with Crippen molar-refractivity contribution in [3.05, 3.63) is 46.8 Å². The quantitative estimate of drug-likeness (QED) is 0.904. The van der Waals surface area contributed by atoms with Gasteiger partial charge in [0.05, 0.1) is 12.3 Å². The Balaban J connectivity index is 2.03. The van der Waals surface area contributed by atoms with Gasteiger partial charge in [0.1, 0.15) is 0 Å². The molecule has 1 atom stereocenters. The molecule has 1 aliphatic carbocycles. The molecule has 0 aliphatic heterocycles. The fourth-order valence-corrected chi connectivity index (χ4v) is 2.96. The zero-order valence-corrected chi connectivity index (χ0v) is 13.0. The highest BCUT2D eigenvalue weighted by molar-refractivity contribution is 5.94. The lowest BCUT2D eigenvalue weighted by molar-refractivity contribution is 0.0916. The topological polar surface area (TPSA) is 67.2 Å². The number of nitrogens with zero attached hydrogens (tertiary/aromatic N) is 2. The van der Waals surface area contributed by atoms with Crippen LogP contribution in [0.25, 0.3) is 5.69 Å². The van der Waals surface area contributed by atoms with Crippen LogP contribution in [0.4, 0.5) is 0 Å². The Bertz CT molecular complexity index is 706. The molecular formula is C17H21N3O2. The third kappa shape index (κ3) is 2.52. The van der Waals surface area contributed by atoms with Gasteiger partial charge in [-0.1, -0.05) is 18.2 Å². The Morgan fingerprint density at radius 1 is 1.41 bits per heavy atom. The molecule has 1 heterocycles. The summed E-state index contributed by atoms with van der Waals surface area (Å²) in [4.78, 5) is 12.4.